The van der Waals surface area contributed by atoms with Gasteiger partial charge in [-0.1, -0.05) is 38.1 Å². The average molecular weight is 453 g/mol. The van der Waals surface area contributed by atoms with Crippen LogP contribution in [0.1, 0.15) is 35.5 Å². The lowest BCUT2D eigenvalue weighted by atomic mass is 10.1. The Labute approximate surface area is 191 Å². The van der Waals surface area contributed by atoms with E-state index in [0.29, 0.717) is 23.7 Å². The van der Waals surface area contributed by atoms with Crippen molar-refractivity contribution in [3.05, 3.63) is 80.1 Å². The van der Waals surface area contributed by atoms with E-state index in [1.807, 2.05) is 45.0 Å². The van der Waals surface area contributed by atoms with Gasteiger partial charge in [0.1, 0.15) is 0 Å². The summed E-state index contributed by atoms with van der Waals surface area (Å²) in [5.74, 6) is 0.393. The van der Waals surface area contributed by atoms with Crippen molar-refractivity contribution < 1.29 is 14.3 Å². The van der Waals surface area contributed by atoms with Crippen molar-refractivity contribution in [3.8, 4) is 17.2 Å². The molecule has 0 atom stereocenters. The molecule has 0 unspecified atom stereocenters. The minimum absolute atomic E-state index is 0.00457. The molecule has 0 aliphatic rings. The number of nitrogens with zero attached hydrogens (tertiary/aromatic N) is 3. The fourth-order valence-electron chi connectivity index (χ4n) is 3.26. The van der Waals surface area contributed by atoms with E-state index in [2.05, 4.69) is 10.4 Å². The smallest absolute Gasteiger partial charge is 0.352 e. The Morgan fingerprint density at radius 2 is 1.76 bits per heavy atom. The van der Waals surface area contributed by atoms with Gasteiger partial charge < -0.3 is 14.8 Å². The second-order valence-electron chi connectivity index (χ2n) is 8.00. The zero-order chi connectivity index (χ0) is 24.1. The van der Waals surface area contributed by atoms with E-state index in [-0.39, 0.29) is 18.2 Å². The van der Waals surface area contributed by atoms with Crippen molar-refractivity contribution in [1.29, 1.82) is 0 Å². The number of hydrogen-bond acceptors (Lipinski definition) is 6. The van der Waals surface area contributed by atoms with Gasteiger partial charge in [0.2, 0.25) is 5.69 Å². The van der Waals surface area contributed by atoms with E-state index in [0.717, 1.165) is 20.4 Å². The molecule has 0 aliphatic heterocycles. The molecule has 0 fully saturated rings. The zero-order valence-corrected chi connectivity index (χ0v) is 19.4. The lowest BCUT2D eigenvalue weighted by Gasteiger charge is -2.15. The average Bonchev–Trinajstić information content (AvgIpc) is 2.81. The summed E-state index contributed by atoms with van der Waals surface area (Å²) in [6, 6.07) is 12.2. The molecule has 0 aliphatic carbocycles. The van der Waals surface area contributed by atoms with Gasteiger partial charge >= 0.3 is 5.69 Å². The standard InChI is InChI=1S/C24H28N4O5/c1-15(2)13-25-22(29)21-23(30)27(14-17-9-7-6-8-16(17)3)24(31)28(26-21)18-10-11-19(32-4)20(12-18)33-5/h6-12,15H,13-14H2,1-5H3,(H,25,29). The first-order chi connectivity index (χ1) is 15.8. The molecular formula is C24H28N4O5. The predicted octanol–water partition coefficient (Wildman–Crippen LogP) is 2.15. The highest BCUT2D eigenvalue weighted by Crippen LogP contribution is 2.28. The van der Waals surface area contributed by atoms with Crippen LogP contribution in [0.2, 0.25) is 0 Å². The number of rotatable bonds is 8. The lowest BCUT2D eigenvalue weighted by molar-refractivity contribution is 0.0939. The van der Waals surface area contributed by atoms with E-state index >= 15 is 0 Å². The number of aryl methyl sites for hydroxylation is 1. The molecule has 1 aromatic heterocycles. The highest BCUT2D eigenvalue weighted by atomic mass is 16.5. The van der Waals surface area contributed by atoms with Crippen LogP contribution >= 0.6 is 0 Å². The molecule has 3 aromatic rings. The third-order valence-electron chi connectivity index (χ3n) is 5.15. The van der Waals surface area contributed by atoms with Crippen molar-refractivity contribution in [1.82, 2.24) is 19.7 Å². The van der Waals surface area contributed by atoms with Crippen LogP contribution in [-0.4, -0.2) is 41.0 Å². The maximum atomic E-state index is 13.4. The number of carbonyl (C=O) groups excluding carboxylic acids is 1. The lowest BCUT2D eigenvalue weighted by Crippen LogP contribution is -2.46. The molecule has 9 heteroatoms. The van der Waals surface area contributed by atoms with Crippen LogP contribution in [0.4, 0.5) is 0 Å². The van der Waals surface area contributed by atoms with Crippen molar-refractivity contribution in [2.75, 3.05) is 20.8 Å². The first kappa shape index (κ1) is 23.8. The largest absolute Gasteiger partial charge is 0.493 e. The predicted molar refractivity (Wildman–Crippen MR) is 125 cm³/mol. The number of benzene rings is 2. The van der Waals surface area contributed by atoms with Crippen LogP contribution in [0.5, 0.6) is 11.5 Å². The number of carbonyl (C=O) groups is 1. The van der Waals surface area contributed by atoms with Crippen LogP contribution in [0.3, 0.4) is 0 Å². The highest BCUT2D eigenvalue weighted by molar-refractivity contribution is 5.91. The summed E-state index contributed by atoms with van der Waals surface area (Å²) in [4.78, 5) is 39.4. The number of amides is 1. The van der Waals surface area contributed by atoms with Crippen LogP contribution in [0, 0.1) is 12.8 Å². The van der Waals surface area contributed by atoms with Crippen molar-refractivity contribution >= 4 is 5.91 Å². The quantitative estimate of drug-likeness (QED) is 0.562. The molecule has 9 nitrogen and oxygen atoms in total. The van der Waals surface area contributed by atoms with Gasteiger partial charge in [0, 0.05) is 12.6 Å². The van der Waals surface area contributed by atoms with Gasteiger partial charge in [-0.3, -0.25) is 14.2 Å². The Bertz CT molecular complexity index is 1280. The molecule has 1 amide bonds. The molecule has 33 heavy (non-hydrogen) atoms. The minimum atomic E-state index is -0.749. The van der Waals surface area contributed by atoms with Gasteiger partial charge in [0.25, 0.3) is 11.5 Å². The molecule has 0 saturated carbocycles. The normalized spacial score (nSPS) is 10.8. The summed E-state index contributed by atoms with van der Waals surface area (Å²) >= 11 is 0. The van der Waals surface area contributed by atoms with Crippen LogP contribution in [0.25, 0.3) is 5.69 Å². The van der Waals surface area contributed by atoms with Crippen LogP contribution in [-0.2, 0) is 6.54 Å². The van der Waals surface area contributed by atoms with Crippen molar-refractivity contribution in [2.24, 2.45) is 5.92 Å². The SMILES string of the molecule is COc1ccc(-n2nc(C(=O)NCC(C)C)c(=O)n(Cc3ccccc3C)c2=O)cc1OC. The molecular weight excluding hydrogens is 424 g/mol. The Kier molecular flexibility index (Phi) is 7.32. The molecule has 3 rings (SSSR count). The Hall–Kier alpha value is -3.88. The zero-order valence-electron chi connectivity index (χ0n) is 19.4. The van der Waals surface area contributed by atoms with Crippen molar-refractivity contribution in [3.63, 3.8) is 0 Å². The Balaban J connectivity index is 2.21. The molecule has 1 N–H and O–H groups in total. The fraction of sp³-hybridized carbons (Fsp3) is 0.333. The first-order valence-electron chi connectivity index (χ1n) is 10.6. The molecule has 0 bridgehead atoms. The molecule has 1 heterocycles. The first-order valence-corrected chi connectivity index (χ1v) is 10.6. The van der Waals surface area contributed by atoms with Crippen LogP contribution < -0.4 is 26.0 Å². The molecule has 0 radical (unpaired) electrons. The van der Waals surface area contributed by atoms with E-state index in [1.165, 1.54) is 14.2 Å². The van der Waals surface area contributed by atoms with Crippen molar-refractivity contribution in [2.45, 2.75) is 27.3 Å². The maximum absolute atomic E-state index is 13.4. The molecule has 0 spiro atoms. The monoisotopic (exact) mass is 452 g/mol. The third kappa shape index (κ3) is 5.14. The molecule has 2 aromatic carbocycles. The second-order valence-corrected chi connectivity index (χ2v) is 8.00. The number of hydrogen-bond donors (Lipinski definition) is 1. The van der Waals surface area contributed by atoms with Gasteiger partial charge in [-0.05, 0) is 36.1 Å². The second kappa shape index (κ2) is 10.2. The van der Waals surface area contributed by atoms with E-state index in [4.69, 9.17) is 9.47 Å². The fourth-order valence-corrected chi connectivity index (χ4v) is 3.26. The number of methoxy groups -OCH3 is 2. The van der Waals surface area contributed by atoms with Gasteiger partial charge in [-0.2, -0.15) is 9.78 Å². The van der Waals surface area contributed by atoms with E-state index < -0.39 is 17.2 Å². The van der Waals surface area contributed by atoms with E-state index in [1.54, 1.807) is 18.2 Å². The van der Waals surface area contributed by atoms with Gasteiger partial charge in [0.15, 0.2) is 11.5 Å². The maximum Gasteiger partial charge on any atom is 0.352 e. The number of ether oxygens (including phenoxy) is 2. The van der Waals surface area contributed by atoms with Gasteiger partial charge in [-0.25, -0.2) is 4.79 Å². The molecule has 0 saturated heterocycles. The van der Waals surface area contributed by atoms with E-state index in [9.17, 15) is 14.4 Å². The number of aromatic nitrogens is 3. The van der Waals surface area contributed by atoms with Crippen LogP contribution in [0.15, 0.2) is 52.1 Å². The Morgan fingerprint density at radius 1 is 1.06 bits per heavy atom. The summed E-state index contributed by atoms with van der Waals surface area (Å²) in [7, 11) is 2.98. The summed E-state index contributed by atoms with van der Waals surface area (Å²) in [6.07, 6.45) is 0. The van der Waals surface area contributed by atoms with Gasteiger partial charge in [0.05, 0.1) is 26.5 Å². The summed E-state index contributed by atoms with van der Waals surface area (Å²) in [6.45, 7) is 6.14. The highest BCUT2D eigenvalue weighted by Gasteiger charge is 2.21. The summed E-state index contributed by atoms with van der Waals surface area (Å²) in [5.41, 5.74) is 0.254. The minimum Gasteiger partial charge on any atom is -0.493 e. The van der Waals surface area contributed by atoms with Gasteiger partial charge in [-0.15, -0.1) is 0 Å². The molecule has 174 valence electrons. The third-order valence-corrected chi connectivity index (χ3v) is 5.15. The number of nitrogens with one attached hydrogen (secondary N) is 1. The summed E-state index contributed by atoms with van der Waals surface area (Å²) in [5, 5.41) is 6.84. The Morgan fingerprint density at radius 3 is 2.39 bits per heavy atom. The topological polar surface area (TPSA) is 104 Å². The summed E-state index contributed by atoms with van der Waals surface area (Å²) < 4.78 is 12.6.